The molecule has 17 heavy (non-hydrogen) atoms. The number of piperidine rings is 1. The summed E-state index contributed by atoms with van der Waals surface area (Å²) in [5, 5.41) is 7.95. The Kier molecular flexibility index (Phi) is 5.80. The van der Waals surface area contributed by atoms with Crippen LogP contribution in [0.5, 0.6) is 0 Å². The van der Waals surface area contributed by atoms with Crippen molar-refractivity contribution in [3.63, 3.8) is 0 Å². The molecule has 98 valence electrons. The zero-order valence-electron chi connectivity index (χ0n) is 11.1. The maximum atomic E-state index is 7.95. The predicted octanol–water partition coefficient (Wildman–Crippen LogP) is 1.45. The van der Waals surface area contributed by atoms with Crippen LogP contribution >= 0.6 is 0 Å². The second-order valence-corrected chi connectivity index (χ2v) is 4.42. The molecule has 0 aliphatic carbocycles. The maximum absolute atomic E-state index is 7.95. The first-order valence-electron chi connectivity index (χ1n) is 6.61. The average Bonchev–Trinajstić information content (AvgIpc) is 2.36. The number of hydrogen-bond acceptors (Lipinski definition) is 1. The summed E-state index contributed by atoms with van der Waals surface area (Å²) >= 11 is 0. The largest absolute Gasteiger partial charge is 0.369 e. The van der Waals surface area contributed by atoms with E-state index in [9.17, 15) is 0 Å². The fourth-order valence-corrected chi connectivity index (χ4v) is 2.06. The molecule has 1 rings (SSSR count). The van der Waals surface area contributed by atoms with Crippen LogP contribution < -0.4 is 5.73 Å². The van der Waals surface area contributed by atoms with Crippen molar-refractivity contribution in [3.05, 3.63) is 0 Å². The molecule has 0 saturated carbocycles. The second kappa shape index (κ2) is 7.14. The minimum atomic E-state index is 0.316. The summed E-state index contributed by atoms with van der Waals surface area (Å²) in [6.45, 7) is 7.80. The van der Waals surface area contributed by atoms with Gasteiger partial charge in [-0.25, -0.2) is 0 Å². The number of rotatable bonds is 3. The van der Waals surface area contributed by atoms with Gasteiger partial charge in [-0.05, 0) is 32.6 Å². The molecule has 0 bridgehead atoms. The molecule has 1 fully saturated rings. The number of guanidine groups is 2. The van der Waals surface area contributed by atoms with Crippen molar-refractivity contribution in [1.82, 2.24) is 9.80 Å². The van der Waals surface area contributed by atoms with E-state index in [0.29, 0.717) is 11.9 Å². The third kappa shape index (κ3) is 4.24. The lowest BCUT2D eigenvalue weighted by Gasteiger charge is -2.28. The van der Waals surface area contributed by atoms with Gasteiger partial charge in [0.15, 0.2) is 5.96 Å². The highest BCUT2D eigenvalue weighted by Gasteiger charge is 2.14. The zero-order chi connectivity index (χ0) is 12.7. The fraction of sp³-hybridized carbons (Fsp3) is 0.833. The van der Waals surface area contributed by atoms with Gasteiger partial charge in [-0.3, -0.25) is 5.41 Å². The first-order valence-corrected chi connectivity index (χ1v) is 6.61. The van der Waals surface area contributed by atoms with Crippen molar-refractivity contribution in [1.29, 1.82) is 5.41 Å². The molecule has 1 heterocycles. The van der Waals surface area contributed by atoms with Crippen molar-refractivity contribution in [2.24, 2.45) is 10.7 Å². The lowest BCUT2D eigenvalue weighted by atomic mass is 10.1. The van der Waals surface area contributed by atoms with E-state index >= 15 is 0 Å². The van der Waals surface area contributed by atoms with E-state index in [-0.39, 0.29) is 0 Å². The third-order valence-corrected chi connectivity index (χ3v) is 3.08. The molecular weight excluding hydrogens is 214 g/mol. The third-order valence-electron chi connectivity index (χ3n) is 3.08. The molecule has 1 saturated heterocycles. The summed E-state index contributed by atoms with van der Waals surface area (Å²) in [5.41, 5.74) is 5.93. The van der Waals surface area contributed by atoms with Gasteiger partial charge in [0.05, 0.1) is 0 Å². The zero-order valence-corrected chi connectivity index (χ0v) is 11.1. The Balaban J connectivity index is 2.55. The van der Waals surface area contributed by atoms with Crippen LogP contribution in [0, 0.1) is 5.41 Å². The van der Waals surface area contributed by atoms with Crippen LogP contribution in [0.2, 0.25) is 0 Å². The van der Waals surface area contributed by atoms with Gasteiger partial charge in [-0.1, -0.05) is 6.92 Å². The normalized spacial score (nSPS) is 17.1. The van der Waals surface area contributed by atoms with Gasteiger partial charge in [-0.15, -0.1) is 0 Å². The molecule has 1 aliphatic rings. The highest BCUT2D eigenvalue weighted by molar-refractivity contribution is 5.92. The van der Waals surface area contributed by atoms with Crippen molar-refractivity contribution >= 4 is 11.9 Å². The molecule has 0 aromatic carbocycles. The van der Waals surface area contributed by atoms with Crippen LogP contribution in [0.15, 0.2) is 4.99 Å². The Morgan fingerprint density at radius 3 is 2.47 bits per heavy atom. The van der Waals surface area contributed by atoms with Crippen LogP contribution in [-0.4, -0.2) is 47.9 Å². The van der Waals surface area contributed by atoms with Gasteiger partial charge in [0.1, 0.15) is 0 Å². The van der Waals surface area contributed by atoms with E-state index < -0.39 is 0 Å². The van der Waals surface area contributed by atoms with Crippen molar-refractivity contribution in [3.8, 4) is 0 Å². The van der Waals surface area contributed by atoms with Gasteiger partial charge in [0.25, 0.3) is 0 Å². The van der Waals surface area contributed by atoms with Gasteiger partial charge in [-0.2, -0.15) is 4.99 Å². The van der Waals surface area contributed by atoms with Crippen molar-refractivity contribution < 1.29 is 0 Å². The summed E-state index contributed by atoms with van der Waals surface area (Å²) in [7, 11) is 0. The first kappa shape index (κ1) is 13.8. The van der Waals surface area contributed by atoms with Gasteiger partial charge in [0, 0.05) is 26.2 Å². The van der Waals surface area contributed by atoms with E-state index in [2.05, 4.69) is 18.8 Å². The Morgan fingerprint density at radius 1 is 1.29 bits per heavy atom. The van der Waals surface area contributed by atoms with Crippen LogP contribution in [0.3, 0.4) is 0 Å². The number of nitrogens with two attached hydrogens (primary N) is 1. The smallest absolute Gasteiger partial charge is 0.221 e. The minimum Gasteiger partial charge on any atom is -0.369 e. The van der Waals surface area contributed by atoms with Crippen LogP contribution in [-0.2, 0) is 0 Å². The van der Waals surface area contributed by atoms with E-state index in [1.165, 1.54) is 6.42 Å². The summed E-state index contributed by atoms with van der Waals surface area (Å²) in [5.74, 6) is 0.793. The Bertz CT molecular complexity index is 268. The molecular formula is C12H25N5. The summed E-state index contributed by atoms with van der Waals surface area (Å²) < 4.78 is 0. The Hall–Kier alpha value is -1.26. The molecule has 0 unspecified atom stereocenters. The van der Waals surface area contributed by atoms with E-state index in [0.717, 1.165) is 45.4 Å². The number of likely N-dealkylation sites (tertiary alicyclic amines) is 1. The monoisotopic (exact) mass is 239 g/mol. The van der Waals surface area contributed by atoms with E-state index in [1.807, 2.05) is 9.80 Å². The number of aliphatic imine (C=N–C) groups is 1. The molecule has 5 heteroatoms. The Labute approximate surface area is 104 Å². The average molecular weight is 239 g/mol. The molecule has 1 aliphatic heterocycles. The molecule has 0 amide bonds. The number of hydrogen-bond donors (Lipinski definition) is 2. The van der Waals surface area contributed by atoms with Crippen molar-refractivity contribution in [2.75, 3.05) is 26.2 Å². The molecule has 0 radical (unpaired) electrons. The summed E-state index contributed by atoms with van der Waals surface area (Å²) in [4.78, 5) is 8.24. The standard InChI is InChI=1S/C12H25N5/c1-3-8-16(4-2)11(13)15-12(14)17-9-6-5-7-10-17/h3-10H2,1-2H3,(H3,13,14,15). The molecule has 0 atom stereocenters. The summed E-state index contributed by atoms with van der Waals surface area (Å²) in [6.07, 6.45) is 4.62. The molecule has 5 nitrogen and oxygen atoms in total. The lowest BCUT2D eigenvalue weighted by molar-refractivity contribution is 0.336. The fourth-order valence-electron chi connectivity index (χ4n) is 2.06. The molecule has 0 spiro atoms. The quantitative estimate of drug-likeness (QED) is 0.578. The number of nitrogens with one attached hydrogen (secondary N) is 1. The van der Waals surface area contributed by atoms with Crippen LogP contribution in [0.4, 0.5) is 0 Å². The van der Waals surface area contributed by atoms with Gasteiger partial charge in [0.2, 0.25) is 5.96 Å². The SMILES string of the molecule is CCCN(CC)/C(N)=N/C(=N)N1CCCCC1. The second-order valence-electron chi connectivity index (χ2n) is 4.42. The first-order chi connectivity index (χ1) is 8.19. The highest BCUT2D eigenvalue weighted by atomic mass is 15.3. The molecule has 0 aromatic rings. The van der Waals surface area contributed by atoms with E-state index in [1.54, 1.807) is 0 Å². The summed E-state index contributed by atoms with van der Waals surface area (Å²) in [6, 6.07) is 0. The molecule has 0 aromatic heterocycles. The van der Waals surface area contributed by atoms with Crippen LogP contribution in [0.25, 0.3) is 0 Å². The lowest BCUT2D eigenvalue weighted by Crippen LogP contribution is -2.41. The van der Waals surface area contributed by atoms with Crippen LogP contribution in [0.1, 0.15) is 39.5 Å². The minimum absolute atomic E-state index is 0.316. The topological polar surface area (TPSA) is 68.7 Å². The van der Waals surface area contributed by atoms with Crippen molar-refractivity contribution in [2.45, 2.75) is 39.5 Å². The van der Waals surface area contributed by atoms with Gasteiger partial charge >= 0.3 is 0 Å². The predicted molar refractivity (Wildman–Crippen MR) is 72.3 cm³/mol. The Morgan fingerprint density at radius 2 is 1.94 bits per heavy atom. The van der Waals surface area contributed by atoms with E-state index in [4.69, 9.17) is 11.1 Å². The highest BCUT2D eigenvalue weighted by Crippen LogP contribution is 2.09. The maximum Gasteiger partial charge on any atom is 0.221 e. The number of nitrogens with zero attached hydrogens (tertiary/aromatic N) is 3. The van der Waals surface area contributed by atoms with Gasteiger partial charge < -0.3 is 15.5 Å². The molecule has 3 N–H and O–H groups in total.